The molecule has 0 aliphatic carbocycles. The number of amides is 1. The van der Waals surface area contributed by atoms with Gasteiger partial charge in [-0.25, -0.2) is 8.42 Å². The summed E-state index contributed by atoms with van der Waals surface area (Å²) in [5, 5.41) is 0.400. The number of anilines is 1. The second kappa shape index (κ2) is 5.03. The molecule has 0 aromatic heterocycles. The van der Waals surface area contributed by atoms with Crippen LogP contribution in [0.15, 0.2) is 41.3 Å². The molecule has 0 fully saturated rings. The third-order valence-electron chi connectivity index (χ3n) is 4.33. The monoisotopic (exact) mass is 364 g/mol. The number of halogens is 1. The zero-order chi connectivity index (χ0) is 17.2. The van der Waals surface area contributed by atoms with Crippen LogP contribution in [0.25, 0.3) is 0 Å². The van der Waals surface area contributed by atoms with Crippen molar-refractivity contribution in [2.75, 3.05) is 12.0 Å². The minimum Gasteiger partial charge on any atom is -0.285 e. The summed E-state index contributed by atoms with van der Waals surface area (Å²) in [6.07, 6.45) is -0.880. The molecule has 124 valence electrons. The summed E-state index contributed by atoms with van der Waals surface area (Å²) in [5.41, 5.74) is 1.90. The minimum absolute atomic E-state index is 0.00339. The number of aryl methyl sites for hydroxylation is 1. The highest BCUT2D eigenvalue weighted by Gasteiger charge is 2.52. The van der Waals surface area contributed by atoms with Crippen molar-refractivity contribution in [1.29, 1.82) is 0 Å². The van der Waals surface area contributed by atoms with Crippen LogP contribution in [0.4, 0.5) is 5.69 Å². The van der Waals surface area contributed by atoms with Crippen LogP contribution >= 0.6 is 11.6 Å². The quantitative estimate of drug-likeness (QED) is 0.780. The minimum atomic E-state index is -3.93. The van der Waals surface area contributed by atoms with Gasteiger partial charge in [-0.2, -0.15) is 0 Å². The zero-order valence-corrected chi connectivity index (χ0v) is 14.4. The molecule has 1 unspecified atom stereocenters. The normalized spacial score (nSPS) is 21.4. The van der Waals surface area contributed by atoms with E-state index < -0.39 is 16.2 Å². The number of hydrogen-bond acceptors (Lipinski definition) is 4. The Bertz CT molecular complexity index is 990. The number of rotatable bonds is 1. The molecule has 4 rings (SSSR count). The maximum atomic E-state index is 13.0. The van der Waals surface area contributed by atoms with Crippen LogP contribution in [-0.4, -0.2) is 25.9 Å². The summed E-state index contributed by atoms with van der Waals surface area (Å²) in [5.74, 6) is -0.284. The summed E-state index contributed by atoms with van der Waals surface area (Å²) in [6.45, 7) is 1.71. The van der Waals surface area contributed by atoms with Crippen LogP contribution in [-0.2, 0) is 14.9 Å². The van der Waals surface area contributed by atoms with Crippen molar-refractivity contribution in [1.82, 2.24) is 4.47 Å². The van der Waals surface area contributed by atoms with E-state index in [0.717, 1.165) is 4.47 Å². The fourth-order valence-corrected chi connectivity index (χ4v) is 4.98. The summed E-state index contributed by atoms with van der Waals surface area (Å²) in [6, 6.07) is 9.88. The Morgan fingerprint density at radius 3 is 2.62 bits per heavy atom. The van der Waals surface area contributed by atoms with Crippen molar-refractivity contribution < 1.29 is 18.0 Å². The van der Waals surface area contributed by atoms with E-state index in [-0.39, 0.29) is 16.5 Å². The molecule has 0 bridgehead atoms. The van der Waals surface area contributed by atoms with Gasteiger partial charge in [0, 0.05) is 16.1 Å². The van der Waals surface area contributed by atoms with Gasteiger partial charge in [0.2, 0.25) is 0 Å². The van der Waals surface area contributed by atoms with Gasteiger partial charge in [0.05, 0.1) is 12.8 Å². The smallest absolute Gasteiger partial charge is 0.269 e. The van der Waals surface area contributed by atoms with E-state index in [9.17, 15) is 13.2 Å². The highest BCUT2D eigenvalue weighted by atomic mass is 35.5. The Balaban J connectivity index is 2.08. The fraction of sp³-hybridized carbons (Fsp3) is 0.188. The number of carbonyl (C=O) groups is 1. The van der Waals surface area contributed by atoms with Gasteiger partial charge < -0.3 is 0 Å². The molecule has 2 heterocycles. The molecule has 2 aliphatic heterocycles. The van der Waals surface area contributed by atoms with Crippen molar-refractivity contribution >= 4 is 33.2 Å². The number of nitrogens with zero attached hydrogens (tertiary/aromatic N) is 2. The molecule has 0 saturated heterocycles. The lowest BCUT2D eigenvalue weighted by atomic mass is 10.1. The Morgan fingerprint density at radius 1 is 1.21 bits per heavy atom. The molecule has 0 N–H and O–H groups in total. The molecule has 0 radical (unpaired) electrons. The number of carbonyl (C=O) groups excluding carboxylic acids is 1. The van der Waals surface area contributed by atoms with E-state index in [0.29, 0.717) is 21.7 Å². The number of hydrogen-bond donors (Lipinski definition) is 0. The molecule has 1 atom stereocenters. The van der Waals surface area contributed by atoms with E-state index in [1.165, 1.54) is 24.1 Å². The Hall–Kier alpha value is -1.93. The van der Waals surface area contributed by atoms with Gasteiger partial charge in [-0.1, -0.05) is 29.8 Å². The lowest BCUT2D eigenvalue weighted by Crippen LogP contribution is -2.47. The summed E-state index contributed by atoms with van der Waals surface area (Å²) in [7, 11) is -2.66. The first-order valence-corrected chi connectivity index (χ1v) is 9.01. The second-order valence-corrected chi connectivity index (χ2v) is 7.81. The molecule has 2 aromatic carbocycles. The third-order valence-corrected chi connectivity index (χ3v) is 6.44. The van der Waals surface area contributed by atoms with Gasteiger partial charge in [-0.3, -0.25) is 14.5 Å². The summed E-state index contributed by atoms with van der Waals surface area (Å²) in [4.78, 5) is 19.5. The largest absolute Gasteiger partial charge is 0.285 e. The third kappa shape index (κ3) is 1.83. The number of sulfonamides is 1. The number of hydroxylamine groups is 1. The Kier molecular flexibility index (Phi) is 3.27. The highest BCUT2D eigenvalue weighted by molar-refractivity contribution is 7.89. The first kappa shape index (κ1) is 15.6. The number of benzene rings is 2. The molecule has 2 aromatic rings. The van der Waals surface area contributed by atoms with Crippen molar-refractivity contribution in [2.45, 2.75) is 18.0 Å². The average Bonchev–Trinajstić information content (AvgIpc) is 2.83. The van der Waals surface area contributed by atoms with Crippen LogP contribution in [0.1, 0.15) is 27.7 Å². The molecular formula is C16H13ClN2O4S. The molecule has 1 amide bonds. The Morgan fingerprint density at radius 2 is 1.92 bits per heavy atom. The van der Waals surface area contributed by atoms with E-state index in [1.807, 2.05) is 0 Å². The lowest BCUT2D eigenvalue weighted by molar-refractivity contribution is -0.0815. The van der Waals surface area contributed by atoms with Crippen LogP contribution < -0.4 is 4.90 Å². The zero-order valence-electron chi connectivity index (χ0n) is 12.9. The molecule has 8 heteroatoms. The van der Waals surface area contributed by atoms with E-state index in [1.54, 1.807) is 31.2 Å². The van der Waals surface area contributed by atoms with Crippen LogP contribution in [0, 0.1) is 6.92 Å². The maximum Gasteiger partial charge on any atom is 0.269 e. The SMILES string of the molecule is CON1C2c3ccccc3C(=O)N2c2cc(Cl)c(C)cc2S1(=O)=O. The van der Waals surface area contributed by atoms with Crippen molar-refractivity contribution in [2.24, 2.45) is 0 Å². The average molecular weight is 365 g/mol. The first-order chi connectivity index (χ1) is 11.4. The summed E-state index contributed by atoms with van der Waals surface area (Å²) >= 11 is 6.18. The number of fused-ring (bicyclic) bond motifs is 5. The topological polar surface area (TPSA) is 66.9 Å². The molecule has 24 heavy (non-hydrogen) atoms. The first-order valence-electron chi connectivity index (χ1n) is 7.19. The standard InChI is InChI=1S/C16H13ClN2O4S/c1-9-7-14-13(8-12(9)17)18-15(19(23-2)24(14,21)22)10-5-3-4-6-11(10)16(18)20/h3-8,15H,1-2H3. The predicted octanol–water partition coefficient (Wildman–Crippen LogP) is 2.87. The van der Waals surface area contributed by atoms with E-state index in [2.05, 4.69) is 0 Å². The van der Waals surface area contributed by atoms with Crippen LogP contribution in [0.2, 0.25) is 5.02 Å². The molecular weight excluding hydrogens is 352 g/mol. The molecule has 2 aliphatic rings. The molecule has 0 spiro atoms. The highest BCUT2D eigenvalue weighted by Crippen LogP contribution is 2.49. The van der Waals surface area contributed by atoms with Gasteiger partial charge in [0.1, 0.15) is 4.90 Å². The van der Waals surface area contributed by atoms with E-state index in [4.69, 9.17) is 16.4 Å². The van der Waals surface area contributed by atoms with Crippen LogP contribution in [0.3, 0.4) is 0 Å². The fourth-order valence-electron chi connectivity index (χ4n) is 3.21. The Labute approximate surface area is 144 Å². The molecule has 0 saturated carbocycles. The lowest BCUT2D eigenvalue weighted by Gasteiger charge is -2.38. The molecule has 6 nitrogen and oxygen atoms in total. The van der Waals surface area contributed by atoms with Crippen molar-refractivity contribution in [3.05, 3.63) is 58.1 Å². The van der Waals surface area contributed by atoms with Gasteiger partial charge >= 0.3 is 0 Å². The van der Waals surface area contributed by atoms with Gasteiger partial charge in [0.15, 0.2) is 6.17 Å². The van der Waals surface area contributed by atoms with Crippen molar-refractivity contribution in [3.63, 3.8) is 0 Å². The predicted molar refractivity (Wildman–Crippen MR) is 88.2 cm³/mol. The second-order valence-electron chi connectivity index (χ2n) is 5.65. The summed E-state index contributed by atoms with van der Waals surface area (Å²) < 4.78 is 26.8. The van der Waals surface area contributed by atoms with Gasteiger partial charge in [-0.15, -0.1) is 0 Å². The van der Waals surface area contributed by atoms with Crippen molar-refractivity contribution in [3.8, 4) is 0 Å². The van der Waals surface area contributed by atoms with Crippen LogP contribution in [0.5, 0.6) is 0 Å². The van der Waals surface area contributed by atoms with E-state index >= 15 is 0 Å². The van der Waals surface area contributed by atoms with Gasteiger partial charge in [-0.05, 0) is 35.2 Å². The van der Waals surface area contributed by atoms with Gasteiger partial charge in [0.25, 0.3) is 15.9 Å². The maximum absolute atomic E-state index is 13.0.